The number of carbonyl (C=O) groups excluding carboxylic acids is 2. The van der Waals surface area contributed by atoms with Crippen LogP contribution in [0.5, 0.6) is 0 Å². The van der Waals surface area contributed by atoms with Crippen LogP contribution in [0.3, 0.4) is 0 Å². The molecule has 2 amide bonds. The van der Waals surface area contributed by atoms with Gasteiger partial charge in [0.1, 0.15) is 0 Å². The van der Waals surface area contributed by atoms with Gasteiger partial charge in [-0.1, -0.05) is 12.2 Å². The molecule has 0 radical (unpaired) electrons. The summed E-state index contributed by atoms with van der Waals surface area (Å²) in [6.45, 7) is 2.05. The number of fused-ring (bicyclic) bond motifs is 12. The van der Waals surface area contributed by atoms with Gasteiger partial charge >= 0.3 is 0 Å². The van der Waals surface area contributed by atoms with Gasteiger partial charge in [0.15, 0.2) is 0 Å². The zero-order valence-electron chi connectivity index (χ0n) is 10.4. The number of rotatable bonds is 0. The smallest absolute Gasteiger partial charge is 0.233 e. The van der Waals surface area contributed by atoms with Crippen LogP contribution in [0.1, 0.15) is 19.8 Å². The molecule has 4 fully saturated rings. The lowest BCUT2D eigenvalue weighted by Gasteiger charge is -2.42. The van der Waals surface area contributed by atoms with Gasteiger partial charge in [-0.15, -0.1) is 0 Å². The molecule has 1 saturated heterocycles. The molecule has 0 aromatic rings. The molecule has 0 spiro atoms. The molecule has 94 valence electrons. The van der Waals surface area contributed by atoms with E-state index in [2.05, 4.69) is 24.4 Å². The molecule has 8 atom stereocenters. The molecule has 1 N–H and O–H groups in total. The summed E-state index contributed by atoms with van der Waals surface area (Å²) < 4.78 is 0. The van der Waals surface area contributed by atoms with Crippen molar-refractivity contribution >= 4 is 11.8 Å². The van der Waals surface area contributed by atoms with E-state index in [0.717, 1.165) is 6.42 Å². The second-order valence-corrected chi connectivity index (χ2v) is 7.19. The van der Waals surface area contributed by atoms with Crippen molar-refractivity contribution < 1.29 is 9.59 Å². The van der Waals surface area contributed by atoms with E-state index in [4.69, 9.17) is 0 Å². The predicted molar refractivity (Wildman–Crippen MR) is 64.1 cm³/mol. The van der Waals surface area contributed by atoms with Gasteiger partial charge in [-0.2, -0.15) is 0 Å². The van der Waals surface area contributed by atoms with Crippen molar-refractivity contribution in [2.75, 3.05) is 0 Å². The molecule has 4 aliphatic carbocycles. The van der Waals surface area contributed by atoms with Crippen LogP contribution in [0.4, 0.5) is 0 Å². The molecule has 8 unspecified atom stereocenters. The number of nitrogens with one attached hydrogen (secondary N) is 1. The Hall–Kier alpha value is -1.12. The average molecular weight is 243 g/mol. The van der Waals surface area contributed by atoms with Crippen LogP contribution >= 0.6 is 0 Å². The van der Waals surface area contributed by atoms with E-state index in [1.165, 1.54) is 6.42 Å². The minimum absolute atomic E-state index is 0.00945. The van der Waals surface area contributed by atoms with Crippen molar-refractivity contribution in [3.63, 3.8) is 0 Å². The third kappa shape index (κ3) is 0.749. The molecule has 4 bridgehead atoms. The van der Waals surface area contributed by atoms with Gasteiger partial charge in [0.2, 0.25) is 11.8 Å². The van der Waals surface area contributed by atoms with Crippen LogP contribution in [0, 0.1) is 46.8 Å². The third-order valence-corrected chi connectivity index (χ3v) is 6.92. The Kier molecular flexibility index (Phi) is 1.40. The van der Waals surface area contributed by atoms with E-state index in [9.17, 15) is 9.59 Å². The largest absolute Gasteiger partial charge is 0.296 e. The van der Waals surface area contributed by atoms with Gasteiger partial charge in [-0.3, -0.25) is 14.9 Å². The van der Waals surface area contributed by atoms with Crippen molar-refractivity contribution in [1.29, 1.82) is 0 Å². The minimum Gasteiger partial charge on any atom is -0.296 e. The van der Waals surface area contributed by atoms with Crippen LogP contribution in [-0.4, -0.2) is 11.8 Å². The Morgan fingerprint density at radius 3 is 2.67 bits per heavy atom. The van der Waals surface area contributed by atoms with Crippen molar-refractivity contribution in [2.45, 2.75) is 19.8 Å². The molecular formula is C15H17NO2. The first-order valence-electron chi connectivity index (χ1n) is 7.16. The highest BCUT2D eigenvalue weighted by molar-refractivity contribution is 6.08. The highest BCUT2D eigenvalue weighted by atomic mass is 16.2. The summed E-state index contributed by atoms with van der Waals surface area (Å²) in [6.07, 6.45) is 7.14. The number of hydrogen-bond acceptors (Lipinski definition) is 2. The van der Waals surface area contributed by atoms with Crippen LogP contribution in [0.25, 0.3) is 0 Å². The van der Waals surface area contributed by atoms with Crippen molar-refractivity contribution in [3.8, 4) is 0 Å². The fourth-order valence-electron chi connectivity index (χ4n) is 6.45. The van der Waals surface area contributed by atoms with Crippen molar-refractivity contribution in [3.05, 3.63) is 12.2 Å². The van der Waals surface area contributed by atoms with Gasteiger partial charge in [-0.05, 0) is 55.3 Å². The second kappa shape index (κ2) is 2.59. The molecule has 3 nitrogen and oxygen atoms in total. The standard InChI is InChI=1S/C15H17NO2/c1-15-9-5-8(12(15)13(17)16-14(15)18)10-6-2-3-7(4-6)11(9)10/h2-3,6-12H,4-5H2,1H3,(H,16,17,18). The number of allylic oxidation sites excluding steroid dienone is 2. The summed E-state index contributed by atoms with van der Waals surface area (Å²) in [6, 6.07) is 0. The lowest BCUT2D eigenvalue weighted by atomic mass is 9.59. The fraction of sp³-hybridized carbons (Fsp3) is 0.733. The Bertz CT molecular complexity index is 525. The number of imide groups is 1. The van der Waals surface area contributed by atoms with Crippen LogP contribution in [0.2, 0.25) is 0 Å². The highest BCUT2D eigenvalue weighted by Gasteiger charge is 2.74. The van der Waals surface area contributed by atoms with E-state index < -0.39 is 0 Å². The van der Waals surface area contributed by atoms with Crippen molar-refractivity contribution in [2.24, 2.45) is 46.8 Å². The average Bonchev–Trinajstić information content (AvgIpc) is 3.05. The normalized spacial score (nSPS) is 62.4. The van der Waals surface area contributed by atoms with Gasteiger partial charge in [0, 0.05) is 0 Å². The van der Waals surface area contributed by atoms with Gasteiger partial charge in [0.25, 0.3) is 0 Å². The number of carbonyl (C=O) groups is 2. The van der Waals surface area contributed by atoms with E-state index in [1.54, 1.807) is 0 Å². The molecule has 3 heteroatoms. The summed E-state index contributed by atoms with van der Waals surface area (Å²) in [5, 5.41) is 2.60. The maximum atomic E-state index is 12.2. The SMILES string of the molecule is CC12C(=O)NC(=O)C1C1CC2C2C3C=CC(C3)C12. The first-order valence-corrected chi connectivity index (χ1v) is 7.16. The molecule has 0 aromatic heterocycles. The quantitative estimate of drug-likeness (QED) is 0.396. The Morgan fingerprint density at radius 1 is 1.17 bits per heavy atom. The summed E-state index contributed by atoms with van der Waals surface area (Å²) in [5.74, 6) is 3.68. The first-order chi connectivity index (χ1) is 8.62. The second-order valence-electron chi connectivity index (χ2n) is 7.19. The first kappa shape index (κ1) is 9.76. The topological polar surface area (TPSA) is 46.2 Å². The monoisotopic (exact) mass is 243 g/mol. The van der Waals surface area contributed by atoms with Crippen molar-refractivity contribution in [1.82, 2.24) is 5.32 Å². The third-order valence-electron chi connectivity index (χ3n) is 6.92. The lowest BCUT2D eigenvalue weighted by molar-refractivity contribution is -0.133. The van der Waals surface area contributed by atoms with Crippen LogP contribution in [-0.2, 0) is 9.59 Å². The molecular weight excluding hydrogens is 226 g/mol. The van der Waals surface area contributed by atoms with Gasteiger partial charge < -0.3 is 0 Å². The van der Waals surface area contributed by atoms with Gasteiger partial charge in [0.05, 0.1) is 11.3 Å². The summed E-state index contributed by atoms with van der Waals surface area (Å²) in [7, 11) is 0. The maximum Gasteiger partial charge on any atom is 0.233 e. The summed E-state index contributed by atoms with van der Waals surface area (Å²) in [4.78, 5) is 24.3. The predicted octanol–water partition coefficient (Wildman–Crippen LogP) is 1.35. The van der Waals surface area contributed by atoms with Crippen LogP contribution in [0.15, 0.2) is 12.2 Å². The molecule has 1 aliphatic heterocycles. The fourth-order valence-corrected chi connectivity index (χ4v) is 6.45. The summed E-state index contributed by atoms with van der Waals surface area (Å²) in [5.41, 5.74) is -0.388. The molecule has 3 saturated carbocycles. The maximum absolute atomic E-state index is 12.2. The van der Waals surface area contributed by atoms with E-state index >= 15 is 0 Å². The van der Waals surface area contributed by atoms with E-state index in [-0.39, 0.29) is 23.1 Å². The Labute approximate surface area is 106 Å². The minimum atomic E-state index is -0.388. The molecule has 5 rings (SSSR count). The van der Waals surface area contributed by atoms with Crippen LogP contribution < -0.4 is 5.32 Å². The molecule has 18 heavy (non-hydrogen) atoms. The number of hydrogen-bond donors (Lipinski definition) is 1. The highest BCUT2D eigenvalue weighted by Crippen LogP contribution is 2.73. The molecule has 0 aromatic carbocycles. The van der Waals surface area contributed by atoms with E-state index in [0.29, 0.717) is 35.5 Å². The molecule has 5 aliphatic rings. The lowest BCUT2D eigenvalue weighted by Crippen LogP contribution is -2.45. The van der Waals surface area contributed by atoms with E-state index in [1.807, 2.05) is 0 Å². The summed E-state index contributed by atoms with van der Waals surface area (Å²) >= 11 is 0. The number of amides is 2. The Balaban J connectivity index is 1.68. The zero-order valence-corrected chi connectivity index (χ0v) is 10.4. The zero-order chi connectivity index (χ0) is 12.2. The Morgan fingerprint density at radius 2 is 1.89 bits per heavy atom. The van der Waals surface area contributed by atoms with Gasteiger partial charge in [-0.25, -0.2) is 0 Å². The molecule has 1 heterocycles.